The van der Waals surface area contributed by atoms with Crippen molar-refractivity contribution >= 4 is 5.96 Å². The Balaban J connectivity index is 1.68. The molecular weight excluding hydrogens is 369 g/mol. The Kier molecular flexibility index (Phi) is 7.09. The first-order valence-corrected chi connectivity index (χ1v) is 9.95. The summed E-state index contributed by atoms with van der Waals surface area (Å²) >= 11 is 0. The van der Waals surface area contributed by atoms with E-state index in [0.29, 0.717) is 13.2 Å². The van der Waals surface area contributed by atoms with Gasteiger partial charge in [-0.25, -0.2) is 4.39 Å². The summed E-state index contributed by atoms with van der Waals surface area (Å²) in [5.41, 5.74) is 2.22. The highest BCUT2D eigenvalue weighted by Gasteiger charge is 2.34. The predicted octanol–water partition coefficient (Wildman–Crippen LogP) is 3.59. The van der Waals surface area contributed by atoms with Crippen LogP contribution in [0.15, 0.2) is 53.5 Å². The van der Waals surface area contributed by atoms with E-state index in [9.17, 15) is 4.39 Å². The number of ether oxygens (including phenoxy) is 2. The SMILES string of the molecule is CN=C(NCC1(c2ccc(F)cc2)CCOCC1)N(C)Cc1ccc(OC)cc1. The van der Waals surface area contributed by atoms with Gasteiger partial charge in [0.25, 0.3) is 0 Å². The van der Waals surface area contributed by atoms with Crippen molar-refractivity contribution in [2.45, 2.75) is 24.8 Å². The van der Waals surface area contributed by atoms with Crippen LogP contribution in [-0.2, 0) is 16.7 Å². The zero-order valence-electron chi connectivity index (χ0n) is 17.5. The summed E-state index contributed by atoms with van der Waals surface area (Å²) in [6.07, 6.45) is 1.79. The van der Waals surface area contributed by atoms with Crippen molar-refractivity contribution in [1.82, 2.24) is 10.2 Å². The highest BCUT2D eigenvalue weighted by atomic mass is 19.1. The van der Waals surface area contributed by atoms with E-state index < -0.39 is 0 Å². The second-order valence-electron chi connectivity index (χ2n) is 7.50. The molecule has 1 saturated heterocycles. The van der Waals surface area contributed by atoms with Crippen LogP contribution in [-0.4, -0.2) is 51.8 Å². The fourth-order valence-electron chi connectivity index (χ4n) is 3.85. The Hall–Kier alpha value is -2.60. The van der Waals surface area contributed by atoms with Crippen molar-refractivity contribution < 1.29 is 13.9 Å². The topological polar surface area (TPSA) is 46.1 Å². The molecule has 1 aliphatic heterocycles. The third-order valence-corrected chi connectivity index (χ3v) is 5.64. The number of nitrogens with zero attached hydrogens (tertiary/aromatic N) is 2. The lowest BCUT2D eigenvalue weighted by Crippen LogP contribution is -2.48. The number of aliphatic imine (C=N–C) groups is 1. The highest BCUT2D eigenvalue weighted by molar-refractivity contribution is 5.79. The van der Waals surface area contributed by atoms with Gasteiger partial charge in [0.05, 0.1) is 7.11 Å². The molecule has 1 N–H and O–H groups in total. The maximum atomic E-state index is 13.4. The van der Waals surface area contributed by atoms with Crippen molar-refractivity contribution in [3.63, 3.8) is 0 Å². The molecule has 1 fully saturated rings. The van der Waals surface area contributed by atoms with Gasteiger partial charge in [0.1, 0.15) is 11.6 Å². The van der Waals surface area contributed by atoms with Gasteiger partial charge < -0.3 is 19.7 Å². The van der Waals surface area contributed by atoms with Crippen LogP contribution in [0.25, 0.3) is 0 Å². The Labute approximate surface area is 172 Å². The van der Waals surface area contributed by atoms with E-state index in [1.807, 2.05) is 31.3 Å². The molecule has 0 saturated carbocycles. The zero-order chi connectivity index (χ0) is 20.7. The van der Waals surface area contributed by atoms with E-state index in [1.54, 1.807) is 14.2 Å². The Morgan fingerprint density at radius 2 is 1.79 bits per heavy atom. The molecular formula is C23H30FN3O2. The minimum Gasteiger partial charge on any atom is -0.497 e. The molecule has 5 nitrogen and oxygen atoms in total. The molecule has 29 heavy (non-hydrogen) atoms. The van der Waals surface area contributed by atoms with Crippen LogP contribution in [0.1, 0.15) is 24.0 Å². The number of hydrogen-bond donors (Lipinski definition) is 1. The van der Waals surface area contributed by atoms with Gasteiger partial charge in [-0.1, -0.05) is 24.3 Å². The molecule has 0 unspecified atom stereocenters. The van der Waals surface area contributed by atoms with Crippen LogP contribution in [0.4, 0.5) is 4.39 Å². The molecule has 0 aliphatic carbocycles. The van der Waals surface area contributed by atoms with Crippen molar-refractivity contribution in [1.29, 1.82) is 0 Å². The van der Waals surface area contributed by atoms with E-state index in [4.69, 9.17) is 9.47 Å². The first-order valence-electron chi connectivity index (χ1n) is 9.95. The maximum Gasteiger partial charge on any atom is 0.193 e. The summed E-state index contributed by atoms with van der Waals surface area (Å²) in [6.45, 7) is 2.87. The fourth-order valence-corrected chi connectivity index (χ4v) is 3.85. The van der Waals surface area contributed by atoms with Gasteiger partial charge in [-0.2, -0.15) is 0 Å². The molecule has 1 aliphatic rings. The predicted molar refractivity (Wildman–Crippen MR) is 114 cm³/mol. The number of methoxy groups -OCH3 is 1. The lowest BCUT2D eigenvalue weighted by Gasteiger charge is -2.39. The Morgan fingerprint density at radius 3 is 2.38 bits per heavy atom. The molecule has 1 heterocycles. The van der Waals surface area contributed by atoms with Crippen LogP contribution < -0.4 is 10.1 Å². The molecule has 0 amide bonds. The summed E-state index contributed by atoms with van der Waals surface area (Å²) in [5.74, 6) is 1.47. The number of nitrogens with one attached hydrogen (secondary N) is 1. The second-order valence-corrected chi connectivity index (χ2v) is 7.50. The first kappa shape index (κ1) is 21.1. The molecule has 2 aromatic rings. The van der Waals surface area contributed by atoms with Gasteiger partial charge in [-0.15, -0.1) is 0 Å². The van der Waals surface area contributed by atoms with Gasteiger partial charge in [-0.05, 0) is 48.2 Å². The lowest BCUT2D eigenvalue weighted by molar-refractivity contribution is 0.0512. The highest BCUT2D eigenvalue weighted by Crippen LogP contribution is 2.34. The molecule has 3 rings (SSSR count). The van der Waals surface area contributed by atoms with Crippen LogP contribution >= 0.6 is 0 Å². The lowest BCUT2D eigenvalue weighted by atomic mass is 9.74. The van der Waals surface area contributed by atoms with E-state index in [1.165, 1.54) is 17.7 Å². The molecule has 0 atom stereocenters. The zero-order valence-corrected chi connectivity index (χ0v) is 17.5. The van der Waals surface area contributed by atoms with Gasteiger partial charge in [0.15, 0.2) is 5.96 Å². The van der Waals surface area contributed by atoms with E-state index >= 15 is 0 Å². The quantitative estimate of drug-likeness (QED) is 0.596. The van der Waals surface area contributed by atoms with Gasteiger partial charge >= 0.3 is 0 Å². The molecule has 0 spiro atoms. The van der Waals surface area contributed by atoms with Crippen molar-refractivity contribution in [2.24, 2.45) is 4.99 Å². The van der Waals surface area contributed by atoms with Crippen LogP contribution in [0.2, 0.25) is 0 Å². The second kappa shape index (κ2) is 9.74. The van der Waals surface area contributed by atoms with Crippen LogP contribution in [0.3, 0.4) is 0 Å². The third kappa shape index (κ3) is 5.26. The largest absolute Gasteiger partial charge is 0.497 e. The van der Waals surface area contributed by atoms with Gasteiger partial charge in [0, 0.05) is 45.8 Å². The molecule has 0 radical (unpaired) electrons. The van der Waals surface area contributed by atoms with E-state index in [-0.39, 0.29) is 11.2 Å². The third-order valence-electron chi connectivity index (χ3n) is 5.64. The minimum atomic E-state index is -0.209. The molecule has 2 aromatic carbocycles. The number of guanidine groups is 1. The smallest absolute Gasteiger partial charge is 0.193 e. The normalized spacial score (nSPS) is 16.3. The monoisotopic (exact) mass is 399 g/mol. The van der Waals surface area contributed by atoms with Crippen LogP contribution in [0, 0.1) is 5.82 Å². The maximum absolute atomic E-state index is 13.4. The number of halogens is 1. The fraction of sp³-hybridized carbons (Fsp3) is 0.435. The van der Waals surface area contributed by atoms with E-state index in [2.05, 4.69) is 27.3 Å². The first-order chi connectivity index (χ1) is 14.1. The van der Waals surface area contributed by atoms with Crippen molar-refractivity contribution in [3.8, 4) is 5.75 Å². The summed E-state index contributed by atoms with van der Waals surface area (Å²) in [6, 6.07) is 14.9. The number of benzene rings is 2. The van der Waals surface area contributed by atoms with Gasteiger partial charge in [0.2, 0.25) is 0 Å². The number of rotatable bonds is 6. The Bertz CT molecular complexity index is 800. The summed E-state index contributed by atoms with van der Waals surface area (Å²) < 4.78 is 24.3. The minimum absolute atomic E-state index is 0.0944. The van der Waals surface area contributed by atoms with Gasteiger partial charge in [-0.3, -0.25) is 4.99 Å². The Morgan fingerprint density at radius 1 is 1.14 bits per heavy atom. The molecule has 0 bridgehead atoms. The van der Waals surface area contributed by atoms with Crippen molar-refractivity contribution in [3.05, 3.63) is 65.5 Å². The average Bonchev–Trinajstić information content (AvgIpc) is 2.76. The van der Waals surface area contributed by atoms with E-state index in [0.717, 1.165) is 43.2 Å². The number of hydrogen-bond acceptors (Lipinski definition) is 3. The summed E-state index contributed by atoms with van der Waals surface area (Å²) in [4.78, 5) is 6.55. The summed E-state index contributed by atoms with van der Waals surface area (Å²) in [5, 5.41) is 3.54. The van der Waals surface area contributed by atoms with Crippen molar-refractivity contribution in [2.75, 3.05) is 41.0 Å². The summed E-state index contributed by atoms with van der Waals surface area (Å²) in [7, 11) is 5.48. The van der Waals surface area contributed by atoms with Crippen LogP contribution in [0.5, 0.6) is 5.75 Å². The average molecular weight is 400 g/mol. The molecule has 156 valence electrons. The molecule has 0 aromatic heterocycles. The molecule has 6 heteroatoms. The standard InChI is InChI=1S/C23H30FN3O2/c1-25-22(27(2)16-18-4-10-21(28-3)11-5-18)26-17-23(12-14-29-15-13-23)19-6-8-20(24)9-7-19/h4-11H,12-17H2,1-3H3,(H,25,26).